The molecule has 3 N–H and O–H groups in total. The molecule has 21 heavy (non-hydrogen) atoms. The van der Waals surface area contributed by atoms with Crippen molar-refractivity contribution >= 4 is 38.4 Å². The van der Waals surface area contributed by atoms with E-state index < -0.39 is 15.6 Å². The van der Waals surface area contributed by atoms with Crippen molar-refractivity contribution in [2.75, 3.05) is 19.8 Å². The highest BCUT2D eigenvalue weighted by Crippen LogP contribution is 2.37. The molecule has 0 unspecified atom stereocenters. The summed E-state index contributed by atoms with van der Waals surface area (Å²) in [7, 11) is -3.67. The molecule has 0 aliphatic carbocycles. The number of rotatable bonds is 4. The van der Waals surface area contributed by atoms with E-state index in [4.69, 9.17) is 15.2 Å². The molecule has 9 heteroatoms. The highest BCUT2D eigenvalue weighted by molar-refractivity contribution is 9.10. The number of nitrogens with one attached hydrogen (secondary N) is 1. The van der Waals surface area contributed by atoms with Crippen molar-refractivity contribution in [2.45, 2.75) is 24.3 Å². The van der Waals surface area contributed by atoms with Crippen LogP contribution in [-0.2, 0) is 10.0 Å². The van der Waals surface area contributed by atoms with E-state index in [1.165, 1.54) is 6.07 Å². The first-order valence-corrected chi connectivity index (χ1v) is 8.34. The molecule has 120 valence electrons. The van der Waals surface area contributed by atoms with Crippen LogP contribution in [0, 0.1) is 0 Å². The number of hydrogen-bond donors (Lipinski definition) is 2. The average molecular weight is 402 g/mol. The van der Waals surface area contributed by atoms with Crippen molar-refractivity contribution in [2.24, 2.45) is 5.73 Å². The van der Waals surface area contributed by atoms with Gasteiger partial charge in [0.2, 0.25) is 10.0 Å². The Kier molecular flexibility index (Phi) is 5.91. The summed E-state index contributed by atoms with van der Waals surface area (Å²) in [4.78, 5) is 0.103. The molecular weight excluding hydrogens is 384 g/mol. The predicted molar refractivity (Wildman–Crippen MR) is 85.8 cm³/mol. The Labute approximate surface area is 139 Å². The fraction of sp³-hybridized carbons (Fsp3) is 0.500. The third kappa shape index (κ3) is 4.72. The SMILES string of the molecule is CC(C)(N)CNS(=O)(=O)c1cc2c(cc1Br)OCCO2.Cl. The third-order valence-corrected chi connectivity index (χ3v) is 4.96. The lowest BCUT2D eigenvalue weighted by molar-refractivity contribution is 0.171. The van der Waals surface area contributed by atoms with Gasteiger partial charge in [-0.1, -0.05) is 0 Å². The minimum atomic E-state index is -3.67. The largest absolute Gasteiger partial charge is 0.486 e. The second kappa shape index (κ2) is 6.70. The maximum Gasteiger partial charge on any atom is 0.241 e. The number of hydrogen-bond acceptors (Lipinski definition) is 5. The molecule has 1 aromatic rings. The molecule has 1 heterocycles. The lowest BCUT2D eigenvalue weighted by Gasteiger charge is -2.21. The van der Waals surface area contributed by atoms with E-state index >= 15 is 0 Å². The van der Waals surface area contributed by atoms with Gasteiger partial charge in [-0.25, -0.2) is 13.1 Å². The van der Waals surface area contributed by atoms with Crippen molar-refractivity contribution in [1.82, 2.24) is 4.72 Å². The highest BCUT2D eigenvalue weighted by Gasteiger charge is 2.24. The first-order valence-electron chi connectivity index (χ1n) is 6.07. The fourth-order valence-electron chi connectivity index (χ4n) is 1.61. The topological polar surface area (TPSA) is 90.7 Å². The van der Waals surface area contributed by atoms with Gasteiger partial charge in [0, 0.05) is 22.6 Å². The molecule has 0 saturated heterocycles. The Bertz CT molecular complexity index is 616. The van der Waals surface area contributed by atoms with Gasteiger partial charge in [-0.05, 0) is 35.8 Å². The number of halogens is 2. The fourth-order valence-corrected chi connectivity index (χ4v) is 3.87. The Hall–Kier alpha value is -0.540. The summed E-state index contributed by atoms with van der Waals surface area (Å²) >= 11 is 3.25. The van der Waals surface area contributed by atoms with Crippen molar-refractivity contribution in [1.29, 1.82) is 0 Å². The van der Waals surface area contributed by atoms with Crippen LogP contribution in [0.4, 0.5) is 0 Å². The van der Waals surface area contributed by atoms with E-state index in [0.29, 0.717) is 29.2 Å². The van der Waals surface area contributed by atoms with Crippen LogP contribution in [0.2, 0.25) is 0 Å². The second-order valence-electron chi connectivity index (χ2n) is 5.24. The molecule has 0 saturated carbocycles. The molecule has 0 bridgehead atoms. The smallest absolute Gasteiger partial charge is 0.241 e. The number of benzene rings is 1. The van der Waals surface area contributed by atoms with Crippen LogP contribution in [0.1, 0.15) is 13.8 Å². The van der Waals surface area contributed by atoms with Crippen LogP contribution in [-0.4, -0.2) is 33.7 Å². The van der Waals surface area contributed by atoms with Gasteiger partial charge in [0.25, 0.3) is 0 Å². The summed E-state index contributed by atoms with van der Waals surface area (Å²) in [5.41, 5.74) is 5.15. The summed E-state index contributed by atoms with van der Waals surface area (Å²) in [6.45, 7) is 4.47. The van der Waals surface area contributed by atoms with Crippen molar-refractivity contribution in [3.63, 3.8) is 0 Å². The number of ether oxygens (including phenoxy) is 2. The average Bonchev–Trinajstić information content (AvgIpc) is 2.35. The molecule has 0 amide bonds. The molecular formula is C12H18BrClN2O4S. The first kappa shape index (κ1) is 18.5. The predicted octanol–water partition coefficient (Wildman–Crippen LogP) is 1.66. The van der Waals surface area contributed by atoms with Crippen LogP contribution in [0.25, 0.3) is 0 Å². The van der Waals surface area contributed by atoms with Crippen molar-refractivity contribution in [3.8, 4) is 11.5 Å². The molecule has 2 rings (SSSR count). The van der Waals surface area contributed by atoms with Crippen molar-refractivity contribution < 1.29 is 17.9 Å². The van der Waals surface area contributed by atoms with E-state index in [1.54, 1.807) is 19.9 Å². The number of fused-ring (bicyclic) bond motifs is 1. The van der Waals surface area contributed by atoms with E-state index in [2.05, 4.69) is 20.7 Å². The Morgan fingerprint density at radius 3 is 2.33 bits per heavy atom. The zero-order valence-corrected chi connectivity index (χ0v) is 14.9. The Morgan fingerprint density at radius 2 is 1.81 bits per heavy atom. The van der Waals surface area contributed by atoms with E-state index in [1.807, 2.05) is 0 Å². The Balaban J connectivity index is 0.00000220. The monoisotopic (exact) mass is 400 g/mol. The minimum Gasteiger partial charge on any atom is -0.486 e. The molecule has 0 fully saturated rings. The number of sulfonamides is 1. The van der Waals surface area contributed by atoms with Gasteiger partial charge in [-0.2, -0.15) is 0 Å². The zero-order valence-electron chi connectivity index (χ0n) is 11.7. The maximum atomic E-state index is 12.3. The summed E-state index contributed by atoms with van der Waals surface area (Å²) in [6.07, 6.45) is 0. The molecule has 1 aliphatic heterocycles. The summed E-state index contributed by atoms with van der Waals surface area (Å²) in [5.74, 6) is 0.952. The minimum absolute atomic E-state index is 0. The van der Waals surface area contributed by atoms with Crippen molar-refractivity contribution in [3.05, 3.63) is 16.6 Å². The van der Waals surface area contributed by atoms with Gasteiger partial charge in [0.1, 0.15) is 18.1 Å². The first-order chi connectivity index (χ1) is 9.19. The van der Waals surface area contributed by atoms with Gasteiger partial charge in [-0.3, -0.25) is 0 Å². The zero-order chi connectivity index (χ0) is 15.0. The summed E-state index contributed by atoms with van der Waals surface area (Å²) < 4.78 is 38.3. The molecule has 0 spiro atoms. The quantitative estimate of drug-likeness (QED) is 0.800. The third-order valence-electron chi connectivity index (χ3n) is 2.60. The van der Waals surface area contributed by atoms with Gasteiger partial charge in [-0.15, -0.1) is 12.4 Å². The van der Waals surface area contributed by atoms with Crippen LogP contribution in [0.5, 0.6) is 11.5 Å². The summed E-state index contributed by atoms with van der Waals surface area (Å²) in [5, 5.41) is 0. The lowest BCUT2D eigenvalue weighted by Crippen LogP contribution is -2.45. The molecule has 0 radical (unpaired) electrons. The van der Waals surface area contributed by atoms with Gasteiger partial charge >= 0.3 is 0 Å². The summed E-state index contributed by atoms with van der Waals surface area (Å²) in [6, 6.07) is 3.04. The highest BCUT2D eigenvalue weighted by atomic mass is 79.9. The standard InChI is InChI=1S/C12H17BrN2O4S.ClH/c1-12(2,14)7-15-20(16,17)11-6-10-9(5-8(11)13)18-3-4-19-10;/h5-6,15H,3-4,7,14H2,1-2H3;1H. The Morgan fingerprint density at radius 1 is 1.29 bits per heavy atom. The van der Waals surface area contributed by atoms with E-state index in [0.717, 1.165) is 0 Å². The van der Waals surface area contributed by atoms with E-state index in [-0.39, 0.29) is 23.8 Å². The normalized spacial score (nSPS) is 14.5. The van der Waals surface area contributed by atoms with Crippen LogP contribution < -0.4 is 19.9 Å². The lowest BCUT2D eigenvalue weighted by atomic mass is 10.1. The second-order valence-corrected chi connectivity index (χ2v) is 7.83. The van der Waals surface area contributed by atoms with Crippen LogP contribution in [0.15, 0.2) is 21.5 Å². The van der Waals surface area contributed by atoms with Gasteiger partial charge in [0.15, 0.2) is 11.5 Å². The molecule has 0 aromatic heterocycles. The van der Waals surface area contributed by atoms with Gasteiger partial charge in [0.05, 0.1) is 0 Å². The molecule has 6 nitrogen and oxygen atoms in total. The van der Waals surface area contributed by atoms with Crippen LogP contribution >= 0.6 is 28.3 Å². The number of nitrogens with two attached hydrogens (primary N) is 1. The molecule has 1 aromatic carbocycles. The van der Waals surface area contributed by atoms with Crippen LogP contribution in [0.3, 0.4) is 0 Å². The molecule has 1 aliphatic rings. The van der Waals surface area contributed by atoms with Gasteiger partial charge < -0.3 is 15.2 Å². The van der Waals surface area contributed by atoms with E-state index in [9.17, 15) is 8.42 Å². The maximum absolute atomic E-state index is 12.3. The molecule has 0 atom stereocenters.